The maximum atomic E-state index is 12.7. The van der Waals surface area contributed by atoms with Gasteiger partial charge in [0.05, 0.1) is 39.9 Å². The number of rotatable bonds is 33. The first-order valence-corrected chi connectivity index (χ1v) is 20.0. The van der Waals surface area contributed by atoms with Crippen molar-refractivity contribution in [1.82, 2.24) is 5.32 Å². The smallest absolute Gasteiger partial charge is 0.268 e. The maximum absolute atomic E-state index is 12.7. The number of hydrogen-bond acceptors (Lipinski definition) is 6. The fourth-order valence-corrected chi connectivity index (χ4v) is 5.93. The molecule has 9 heteroatoms. The van der Waals surface area contributed by atoms with Gasteiger partial charge in [0.1, 0.15) is 13.2 Å². The van der Waals surface area contributed by atoms with Gasteiger partial charge in [-0.2, -0.15) is 0 Å². The van der Waals surface area contributed by atoms with E-state index < -0.39 is 20.0 Å². The summed E-state index contributed by atoms with van der Waals surface area (Å²) in [5.41, 5.74) is 0. The van der Waals surface area contributed by atoms with Gasteiger partial charge in [0.25, 0.3) is 7.82 Å². The molecule has 0 bridgehead atoms. The van der Waals surface area contributed by atoms with Crippen molar-refractivity contribution in [3.8, 4) is 0 Å². The Kier molecular flexibility index (Phi) is 28.9. The van der Waals surface area contributed by atoms with Gasteiger partial charge in [-0.15, -0.1) is 0 Å². The largest absolute Gasteiger partial charge is 0.756 e. The van der Waals surface area contributed by atoms with Crippen molar-refractivity contribution < 1.29 is 32.9 Å². The molecule has 0 aliphatic carbocycles. The molecule has 0 heterocycles. The molecule has 3 atom stereocenters. The summed E-state index contributed by atoms with van der Waals surface area (Å²) in [6.07, 6.45) is 29.3. The average molecular weight is 661 g/mol. The van der Waals surface area contributed by atoms with Gasteiger partial charge in [0.15, 0.2) is 0 Å². The lowest BCUT2D eigenvalue weighted by Gasteiger charge is -2.30. The molecule has 268 valence electrons. The molecular formula is C36H73N2O6P. The van der Waals surface area contributed by atoms with Gasteiger partial charge in [-0.25, -0.2) is 0 Å². The summed E-state index contributed by atoms with van der Waals surface area (Å²) >= 11 is 0. The van der Waals surface area contributed by atoms with Gasteiger partial charge in [-0.1, -0.05) is 129 Å². The molecule has 0 aromatic rings. The van der Waals surface area contributed by atoms with Gasteiger partial charge in [-0.3, -0.25) is 9.36 Å². The van der Waals surface area contributed by atoms with E-state index in [0.29, 0.717) is 23.9 Å². The van der Waals surface area contributed by atoms with Crippen LogP contribution in [0.4, 0.5) is 0 Å². The zero-order valence-electron chi connectivity index (χ0n) is 30.1. The van der Waals surface area contributed by atoms with Crippen molar-refractivity contribution in [3.05, 3.63) is 12.2 Å². The molecule has 0 fully saturated rings. The molecular weight excluding hydrogens is 587 g/mol. The van der Waals surface area contributed by atoms with E-state index in [2.05, 4.69) is 31.3 Å². The van der Waals surface area contributed by atoms with Gasteiger partial charge in [0.2, 0.25) is 5.91 Å². The molecule has 1 amide bonds. The molecule has 8 nitrogen and oxygen atoms in total. The Labute approximate surface area is 278 Å². The summed E-state index contributed by atoms with van der Waals surface area (Å²) in [5.74, 6) is -0.179. The van der Waals surface area contributed by atoms with E-state index in [0.717, 1.165) is 44.9 Å². The lowest BCUT2D eigenvalue weighted by atomic mass is 10.0. The zero-order chi connectivity index (χ0) is 33.7. The van der Waals surface area contributed by atoms with Crippen LogP contribution in [0.15, 0.2) is 12.2 Å². The van der Waals surface area contributed by atoms with Crippen LogP contribution in [0, 0.1) is 0 Å². The van der Waals surface area contributed by atoms with Crippen LogP contribution in [-0.4, -0.2) is 68.5 Å². The van der Waals surface area contributed by atoms with E-state index in [-0.39, 0.29) is 19.1 Å². The molecule has 0 rings (SSSR count). The summed E-state index contributed by atoms with van der Waals surface area (Å²) < 4.78 is 23.1. The Balaban J connectivity index is 4.53. The molecule has 45 heavy (non-hydrogen) atoms. The highest BCUT2D eigenvalue weighted by atomic mass is 31.2. The van der Waals surface area contributed by atoms with Crippen LogP contribution in [0.1, 0.15) is 162 Å². The van der Waals surface area contributed by atoms with E-state index in [1.54, 1.807) is 0 Å². The first-order chi connectivity index (χ1) is 21.5. The summed E-state index contributed by atoms with van der Waals surface area (Å²) in [4.78, 5) is 25.1. The molecule has 0 radical (unpaired) electrons. The number of phosphoric acid groups is 1. The monoisotopic (exact) mass is 661 g/mol. The second kappa shape index (κ2) is 29.4. The number of carbonyl (C=O) groups excluding carboxylic acids is 1. The molecule has 0 spiro atoms. The fraction of sp³-hybridized carbons (Fsp3) is 0.917. The van der Waals surface area contributed by atoms with Crippen molar-refractivity contribution in [2.75, 3.05) is 40.9 Å². The third kappa shape index (κ3) is 31.6. The van der Waals surface area contributed by atoms with Crippen LogP contribution < -0.4 is 10.2 Å². The minimum Gasteiger partial charge on any atom is -0.756 e. The van der Waals surface area contributed by atoms with Gasteiger partial charge in [-0.05, 0) is 38.5 Å². The number of nitrogens with one attached hydrogen (secondary N) is 1. The number of allylic oxidation sites excluding steroid dienone is 2. The number of hydrogen-bond donors (Lipinski definition) is 2. The van der Waals surface area contributed by atoms with E-state index in [1.807, 2.05) is 21.1 Å². The second-order valence-corrected chi connectivity index (χ2v) is 15.3. The number of amides is 1. The van der Waals surface area contributed by atoms with Crippen LogP contribution in [0.2, 0.25) is 0 Å². The highest BCUT2D eigenvalue weighted by Crippen LogP contribution is 2.38. The molecule has 0 saturated carbocycles. The summed E-state index contributed by atoms with van der Waals surface area (Å²) in [7, 11) is 1.29. The summed E-state index contributed by atoms with van der Waals surface area (Å²) in [6, 6.07) is -0.808. The lowest BCUT2D eigenvalue weighted by molar-refractivity contribution is -0.870. The first kappa shape index (κ1) is 44.2. The van der Waals surface area contributed by atoms with E-state index in [4.69, 9.17) is 9.05 Å². The molecule has 0 aliphatic heterocycles. The van der Waals surface area contributed by atoms with Crippen LogP contribution in [0.3, 0.4) is 0 Å². The molecule has 2 N–H and O–H groups in total. The summed E-state index contributed by atoms with van der Waals surface area (Å²) in [6.45, 7) is 4.65. The number of unbranched alkanes of at least 4 members (excludes halogenated alkanes) is 18. The molecule has 0 aromatic heterocycles. The second-order valence-electron chi connectivity index (χ2n) is 13.9. The number of aliphatic hydroxyl groups is 1. The predicted molar refractivity (Wildman–Crippen MR) is 187 cm³/mol. The molecule has 0 saturated heterocycles. The SMILES string of the molecule is CCCCCCCCC/C=C/CCCC[C@@H](O)[C@H](COP(=O)([O-])OCC[N+](C)(C)C)NC(=O)CCCCCCCCCCCC. The van der Waals surface area contributed by atoms with Crippen molar-refractivity contribution in [3.63, 3.8) is 0 Å². The Morgan fingerprint density at radius 3 is 1.73 bits per heavy atom. The number of phosphoric ester groups is 1. The molecule has 0 aromatic carbocycles. The van der Waals surface area contributed by atoms with E-state index in [1.165, 1.54) is 89.9 Å². The normalized spacial score (nSPS) is 14.9. The van der Waals surface area contributed by atoms with Crippen LogP contribution in [-0.2, 0) is 18.4 Å². The highest BCUT2D eigenvalue weighted by molar-refractivity contribution is 7.45. The molecule has 0 aliphatic rings. The Morgan fingerprint density at radius 2 is 1.22 bits per heavy atom. The third-order valence-corrected chi connectivity index (χ3v) is 9.22. The van der Waals surface area contributed by atoms with Gasteiger partial charge in [0, 0.05) is 6.42 Å². The zero-order valence-corrected chi connectivity index (χ0v) is 31.0. The minimum absolute atomic E-state index is 0.00900. The first-order valence-electron chi connectivity index (χ1n) is 18.5. The number of quaternary nitrogens is 1. The predicted octanol–water partition coefficient (Wildman–Crippen LogP) is 8.61. The van der Waals surface area contributed by atoms with Crippen LogP contribution >= 0.6 is 7.82 Å². The van der Waals surface area contributed by atoms with Gasteiger partial charge < -0.3 is 28.8 Å². The Bertz CT molecular complexity index is 758. The topological polar surface area (TPSA) is 108 Å². The van der Waals surface area contributed by atoms with Crippen molar-refractivity contribution in [1.29, 1.82) is 0 Å². The quantitative estimate of drug-likeness (QED) is 0.0316. The average Bonchev–Trinajstić information content (AvgIpc) is 2.97. The van der Waals surface area contributed by atoms with Crippen molar-refractivity contribution >= 4 is 13.7 Å². The van der Waals surface area contributed by atoms with Crippen molar-refractivity contribution in [2.24, 2.45) is 0 Å². The third-order valence-electron chi connectivity index (χ3n) is 8.25. The van der Waals surface area contributed by atoms with Crippen LogP contribution in [0.5, 0.6) is 0 Å². The number of nitrogens with zero attached hydrogens (tertiary/aromatic N) is 1. The summed E-state index contributed by atoms with van der Waals surface area (Å²) in [5, 5.41) is 13.8. The standard InChI is InChI=1S/C36H73N2O6P/c1-6-8-10-12-14-16-18-19-20-21-23-25-27-29-35(39)34(33-44-45(41,42)43-32-31-38(3,4)5)37-36(40)30-28-26-24-22-17-15-13-11-9-7-2/h20-21,34-35,39H,6-19,22-33H2,1-5H3,(H-,37,40,41,42)/b21-20+/t34-,35+/m0/s1. The number of aliphatic hydroxyl groups excluding tert-OH is 1. The van der Waals surface area contributed by atoms with E-state index >= 15 is 0 Å². The number of carbonyl (C=O) groups is 1. The molecule has 1 unspecified atom stereocenters. The maximum Gasteiger partial charge on any atom is 0.268 e. The number of likely N-dealkylation sites (N-methyl/N-ethyl adjacent to an activating group) is 1. The Morgan fingerprint density at radius 1 is 0.756 bits per heavy atom. The lowest BCUT2D eigenvalue weighted by Crippen LogP contribution is -2.46. The highest BCUT2D eigenvalue weighted by Gasteiger charge is 2.24. The van der Waals surface area contributed by atoms with Crippen molar-refractivity contribution in [2.45, 2.75) is 174 Å². The van der Waals surface area contributed by atoms with Gasteiger partial charge >= 0.3 is 0 Å². The Hall–Kier alpha value is -0.760. The van der Waals surface area contributed by atoms with Crippen LogP contribution in [0.25, 0.3) is 0 Å². The minimum atomic E-state index is -4.55. The fourth-order valence-electron chi connectivity index (χ4n) is 5.21. The van der Waals surface area contributed by atoms with E-state index in [9.17, 15) is 19.4 Å².